The Labute approximate surface area is 195 Å². The summed E-state index contributed by atoms with van der Waals surface area (Å²) in [4.78, 5) is 38.1. The monoisotopic (exact) mass is 492 g/mol. The van der Waals surface area contributed by atoms with Crippen molar-refractivity contribution in [2.75, 3.05) is 11.9 Å². The molecule has 2 heterocycles. The highest BCUT2D eigenvalue weighted by Crippen LogP contribution is 2.30. The molecule has 0 radical (unpaired) electrons. The number of halogens is 3. The average Bonchev–Trinajstić information content (AvgIpc) is 3.20. The Kier molecular flexibility index (Phi) is 6.19. The van der Waals surface area contributed by atoms with Gasteiger partial charge in [0.25, 0.3) is 11.5 Å². The highest BCUT2D eigenvalue weighted by Gasteiger charge is 2.28. The fourth-order valence-electron chi connectivity index (χ4n) is 3.30. The maximum atomic E-state index is 13.9. The molecule has 1 N–H and O–H groups in total. The first-order valence-corrected chi connectivity index (χ1v) is 11.0. The molecule has 1 aromatic heterocycles. The number of esters is 1. The van der Waals surface area contributed by atoms with Crippen LogP contribution in [0.3, 0.4) is 0 Å². The largest absolute Gasteiger partial charge is 0.465 e. The maximum absolute atomic E-state index is 13.9. The summed E-state index contributed by atoms with van der Waals surface area (Å²) in [6.07, 6.45) is 1.55. The number of ether oxygens (including phenoxy) is 1. The van der Waals surface area contributed by atoms with Gasteiger partial charge in [-0.1, -0.05) is 29.3 Å². The molecule has 0 atom stereocenters. The van der Waals surface area contributed by atoms with Crippen molar-refractivity contribution >= 4 is 63.8 Å². The number of thiazole rings is 1. The molecule has 1 aliphatic rings. The van der Waals surface area contributed by atoms with Crippen LogP contribution in [-0.4, -0.2) is 23.1 Å². The van der Waals surface area contributed by atoms with Gasteiger partial charge < -0.3 is 10.1 Å². The molecule has 0 fully saturated rings. The first-order valence-electron chi connectivity index (χ1n) is 9.46. The third-order valence-electron chi connectivity index (χ3n) is 4.69. The minimum absolute atomic E-state index is 0.104. The summed E-state index contributed by atoms with van der Waals surface area (Å²) < 4.78 is 20.5. The molecular formula is C22H15Cl2FN2O4S. The number of nitrogens with one attached hydrogen (secondary N) is 1. The molecule has 0 aliphatic carbocycles. The lowest BCUT2D eigenvalue weighted by Gasteiger charge is -2.04. The van der Waals surface area contributed by atoms with Crippen molar-refractivity contribution in [1.29, 1.82) is 0 Å². The van der Waals surface area contributed by atoms with Crippen molar-refractivity contribution in [3.8, 4) is 0 Å². The van der Waals surface area contributed by atoms with E-state index in [0.29, 0.717) is 26.9 Å². The lowest BCUT2D eigenvalue weighted by Crippen LogP contribution is -2.36. The second-order valence-electron chi connectivity index (χ2n) is 6.80. The summed E-state index contributed by atoms with van der Waals surface area (Å²) in [6, 6.07) is 8.70. The van der Waals surface area contributed by atoms with Gasteiger partial charge in [0.05, 0.1) is 16.7 Å². The molecule has 2 aromatic carbocycles. The second-order valence-corrected chi connectivity index (χ2v) is 8.67. The SMILES string of the molecule is CCOC(=O)Cn1c(=O)/c(=C/c2ccc(Cl)cc2Cl)s/c1=C1/C(=O)Nc2ccc(F)cc21. The molecule has 6 nitrogen and oxygen atoms in total. The number of carbonyl (C=O) groups excluding carboxylic acids is 2. The Bertz CT molecular complexity index is 1450. The van der Waals surface area contributed by atoms with Crippen molar-refractivity contribution in [2.24, 2.45) is 0 Å². The van der Waals surface area contributed by atoms with E-state index < -0.39 is 29.8 Å². The number of nitrogens with zero attached hydrogens (tertiary/aromatic N) is 1. The van der Waals surface area contributed by atoms with Crippen LogP contribution in [0.5, 0.6) is 0 Å². The number of aromatic nitrogens is 1. The van der Waals surface area contributed by atoms with E-state index in [1.165, 1.54) is 18.2 Å². The van der Waals surface area contributed by atoms with E-state index >= 15 is 0 Å². The van der Waals surface area contributed by atoms with E-state index in [1.54, 1.807) is 31.2 Å². The molecule has 1 amide bonds. The molecule has 32 heavy (non-hydrogen) atoms. The number of fused-ring (bicyclic) bond motifs is 1. The molecule has 0 saturated heterocycles. The highest BCUT2D eigenvalue weighted by molar-refractivity contribution is 7.07. The Balaban J connectivity index is 2.02. The molecule has 3 aromatic rings. The first-order chi connectivity index (χ1) is 15.3. The molecule has 4 rings (SSSR count). The van der Waals surface area contributed by atoms with Crippen molar-refractivity contribution in [3.63, 3.8) is 0 Å². The number of amides is 1. The number of rotatable bonds is 4. The summed E-state index contributed by atoms with van der Waals surface area (Å²) >= 11 is 13.2. The van der Waals surface area contributed by atoms with Gasteiger partial charge in [-0.3, -0.25) is 19.0 Å². The second kappa shape index (κ2) is 8.90. The average molecular weight is 493 g/mol. The molecule has 1 aliphatic heterocycles. The Morgan fingerprint density at radius 3 is 2.72 bits per heavy atom. The van der Waals surface area contributed by atoms with E-state index in [-0.39, 0.29) is 21.4 Å². The Hall–Kier alpha value is -2.94. The van der Waals surface area contributed by atoms with Crippen LogP contribution in [0.15, 0.2) is 41.2 Å². The minimum atomic E-state index is -0.636. The zero-order valence-electron chi connectivity index (χ0n) is 16.6. The minimum Gasteiger partial charge on any atom is -0.465 e. The molecule has 0 spiro atoms. The smallest absolute Gasteiger partial charge is 0.326 e. The lowest BCUT2D eigenvalue weighted by molar-refractivity contribution is -0.143. The molecule has 164 valence electrons. The van der Waals surface area contributed by atoms with E-state index in [0.717, 1.165) is 15.9 Å². The van der Waals surface area contributed by atoms with Crippen molar-refractivity contribution in [2.45, 2.75) is 13.5 Å². The molecule has 0 unspecified atom stereocenters. The summed E-state index contributed by atoms with van der Waals surface area (Å²) in [5.41, 5.74) is 0.865. The van der Waals surface area contributed by atoms with Gasteiger partial charge in [0.15, 0.2) is 0 Å². The number of benzene rings is 2. The third kappa shape index (κ3) is 4.21. The molecular weight excluding hydrogens is 478 g/mol. The van der Waals surface area contributed by atoms with Gasteiger partial charge >= 0.3 is 5.97 Å². The van der Waals surface area contributed by atoms with Gasteiger partial charge in [0.2, 0.25) is 0 Å². The zero-order chi connectivity index (χ0) is 23.0. The van der Waals surface area contributed by atoms with Crippen LogP contribution in [0, 0.1) is 5.82 Å². The van der Waals surface area contributed by atoms with E-state index in [2.05, 4.69) is 5.32 Å². The van der Waals surface area contributed by atoms with Crippen molar-refractivity contribution in [3.05, 3.63) is 82.9 Å². The van der Waals surface area contributed by atoms with Gasteiger partial charge in [-0.05, 0) is 48.9 Å². The van der Waals surface area contributed by atoms with Gasteiger partial charge in [-0.2, -0.15) is 0 Å². The molecule has 0 bridgehead atoms. The quantitative estimate of drug-likeness (QED) is 0.568. The zero-order valence-corrected chi connectivity index (χ0v) is 18.9. The number of carbonyl (C=O) groups is 2. The van der Waals surface area contributed by atoms with Gasteiger partial charge in [-0.25, -0.2) is 4.39 Å². The fourth-order valence-corrected chi connectivity index (χ4v) is 4.91. The maximum Gasteiger partial charge on any atom is 0.326 e. The van der Waals surface area contributed by atoms with Crippen LogP contribution in [0.25, 0.3) is 11.6 Å². The van der Waals surface area contributed by atoms with Crippen LogP contribution < -0.4 is 20.1 Å². The molecule has 0 saturated carbocycles. The number of anilines is 1. The fraction of sp³-hybridized carbons (Fsp3) is 0.136. The van der Waals surface area contributed by atoms with Gasteiger partial charge in [0, 0.05) is 21.3 Å². The van der Waals surface area contributed by atoms with Crippen LogP contribution in [0.1, 0.15) is 18.1 Å². The number of hydrogen-bond acceptors (Lipinski definition) is 5. The van der Waals surface area contributed by atoms with Gasteiger partial charge in [-0.15, -0.1) is 11.3 Å². The Morgan fingerprint density at radius 1 is 1.22 bits per heavy atom. The van der Waals surface area contributed by atoms with Crippen molar-refractivity contribution in [1.82, 2.24) is 4.57 Å². The number of hydrogen-bond donors (Lipinski definition) is 1. The van der Waals surface area contributed by atoms with Crippen LogP contribution in [-0.2, 0) is 20.9 Å². The highest BCUT2D eigenvalue weighted by atomic mass is 35.5. The lowest BCUT2D eigenvalue weighted by atomic mass is 10.1. The predicted molar refractivity (Wildman–Crippen MR) is 122 cm³/mol. The van der Waals surface area contributed by atoms with E-state index in [4.69, 9.17) is 27.9 Å². The van der Waals surface area contributed by atoms with E-state index in [1.807, 2.05) is 0 Å². The normalized spacial score (nSPS) is 15.0. The summed E-state index contributed by atoms with van der Waals surface area (Å²) in [6.45, 7) is 1.38. The first kappa shape index (κ1) is 22.3. The van der Waals surface area contributed by atoms with Crippen molar-refractivity contribution < 1.29 is 18.7 Å². The van der Waals surface area contributed by atoms with E-state index in [9.17, 15) is 18.8 Å². The van der Waals surface area contributed by atoms with Crippen LogP contribution in [0.4, 0.5) is 10.1 Å². The summed E-state index contributed by atoms with van der Waals surface area (Å²) in [7, 11) is 0. The predicted octanol–water partition coefficient (Wildman–Crippen LogP) is 2.90. The molecule has 10 heteroatoms. The van der Waals surface area contributed by atoms with Gasteiger partial charge in [0.1, 0.15) is 17.0 Å². The Morgan fingerprint density at radius 2 is 2.00 bits per heavy atom. The third-order valence-corrected chi connectivity index (χ3v) is 6.38. The summed E-state index contributed by atoms with van der Waals surface area (Å²) in [5.74, 6) is -1.67. The standard InChI is InChI=1S/C22H15Cl2FN2O4S/c1-2-31-18(28)10-27-21(30)17(7-11-3-4-12(23)8-15(11)24)32-22(27)19-14-9-13(25)5-6-16(14)26-20(19)29/h3-9H,2,10H2,1H3,(H,26,29)/b17-7-,22-19+. The summed E-state index contributed by atoms with van der Waals surface area (Å²) in [5, 5.41) is 3.44. The topological polar surface area (TPSA) is 77.4 Å². The van der Waals surface area contributed by atoms with Crippen LogP contribution >= 0.6 is 34.5 Å². The van der Waals surface area contributed by atoms with Crippen LogP contribution in [0.2, 0.25) is 10.0 Å².